The van der Waals surface area contributed by atoms with E-state index in [0.29, 0.717) is 11.6 Å². The Morgan fingerprint density at radius 3 is 2.62 bits per heavy atom. The van der Waals surface area contributed by atoms with Gasteiger partial charge < -0.3 is 5.32 Å². The van der Waals surface area contributed by atoms with E-state index < -0.39 is 21.1 Å². The number of benzene rings is 2. The second-order valence-electron chi connectivity index (χ2n) is 8.17. The van der Waals surface area contributed by atoms with Crippen LogP contribution in [-0.4, -0.2) is 24.9 Å². The molecule has 0 radical (unpaired) electrons. The molecule has 0 bridgehead atoms. The van der Waals surface area contributed by atoms with Crippen LogP contribution in [0.25, 0.3) is 0 Å². The Morgan fingerprint density at radius 1 is 1.10 bits per heavy atom. The molecule has 2 fully saturated rings. The monoisotopic (exact) mass is 492 g/mol. The lowest BCUT2D eigenvalue weighted by Gasteiger charge is -2.58. The minimum absolute atomic E-state index is 0.280. The summed E-state index contributed by atoms with van der Waals surface area (Å²) < 4.78 is 30.3. The Bertz CT molecular complexity index is 1120. The maximum absolute atomic E-state index is 13.8. The fourth-order valence-corrected chi connectivity index (χ4v) is 8.01. The number of hydrogen-bond acceptors (Lipinski definition) is 3. The molecule has 152 valence electrons. The van der Waals surface area contributed by atoms with Crippen LogP contribution in [0.2, 0.25) is 5.02 Å². The predicted molar refractivity (Wildman–Crippen MR) is 120 cm³/mol. The molecular formula is C22H22BrClN2O2S. The molecule has 0 spiro atoms. The van der Waals surface area contributed by atoms with Gasteiger partial charge in [-0.25, -0.2) is 8.42 Å². The van der Waals surface area contributed by atoms with Gasteiger partial charge in [-0.05, 0) is 80.1 Å². The normalized spacial score (nSPS) is 29.0. The fourth-order valence-electron chi connectivity index (χ4n) is 5.72. The van der Waals surface area contributed by atoms with Gasteiger partial charge in [-0.1, -0.05) is 39.7 Å². The third kappa shape index (κ3) is 2.55. The summed E-state index contributed by atoms with van der Waals surface area (Å²) in [6.45, 7) is 4.95. The fraction of sp³-hybridized carbons (Fsp3) is 0.364. The largest absolute Gasteiger partial charge is 0.365 e. The van der Waals surface area contributed by atoms with Crippen LogP contribution in [0.3, 0.4) is 0 Å². The van der Waals surface area contributed by atoms with E-state index in [4.69, 9.17) is 11.6 Å². The number of hydrogen-bond donors (Lipinski definition) is 1. The van der Waals surface area contributed by atoms with Gasteiger partial charge in [-0.3, -0.25) is 0 Å². The number of anilines is 1. The van der Waals surface area contributed by atoms with Crippen molar-refractivity contribution < 1.29 is 8.42 Å². The van der Waals surface area contributed by atoms with E-state index in [1.165, 1.54) is 0 Å². The van der Waals surface area contributed by atoms with Gasteiger partial charge in [0.25, 0.3) is 0 Å². The van der Waals surface area contributed by atoms with Crippen molar-refractivity contribution in [3.05, 3.63) is 69.7 Å². The molecule has 0 amide bonds. The average molecular weight is 494 g/mol. The highest BCUT2D eigenvalue weighted by Gasteiger charge is 2.66. The molecule has 3 aliphatic rings. The summed E-state index contributed by atoms with van der Waals surface area (Å²) in [6, 6.07) is 12.7. The summed E-state index contributed by atoms with van der Waals surface area (Å²) in [5.41, 5.74) is 2.16. The first-order chi connectivity index (χ1) is 13.8. The molecule has 5 rings (SSSR count). The number of sulfonamides is 1. The zero-order valence-corrected chi connectivity index (χ0v) is 19.1. The highest BCUT2D eigenvalue weighted by Crippen LogP contribution is 2.63. The van der Waals surface area contributed by atoms with Crippen LogP contribution in [0.4, 0.5) is 5.69 Å². The van der Waals surface area contributed by atoms with Gasteiger partial charge >= 0.3 is 0 Å². The first-order valence-corrected chi connectivity index (χ1v) is 12.5. The summed E-state index contributed by atoms with van der Waals surface area (Å²) in [5, 5.41) is 4.20. The van der Waals surface area contributed by atoms with Crippen LogP contribution in [0.15, 0.2) is 64.0 Å². The quantitative estimate of drug-likeness (QED) is 0.547. The zero-order chi connectivity index (χ0) is 20.4. The lowest BCUT2D eigenvalue weighted by atomic mass is 9.58. The molecular weight excluding hydrogens is 472 g/mol. The van der Waals surface area contributed by atoms with Gasteiger partial charge in [-0.15, -0.1) is 0 Å². The maximum Gasteiger partial charge on any atom is 0.245 e. The van der Waals surface area contributed by atoms with Crippen LogP contribution in [0.5, 0.6) is 0 Å². The molecule has 2 atom stereocenters. The van der Waals surface area contributed by atoms with Crippen molar-refractivity contribution in [1.82, 2.24) is 4.31 Å². The van der Waals surface area contributed by atoms with E-state index in [2.05, 4.69) is 33.9 Å². The standard InChI is InChI=1S/C22H22BrClN2O2S/c1-15-4-2-12-22-21(15,19-14-16(23)5-10-20(19)25-22)11-3-13-26(22)29(27,28)18-8-6-17(24)7-9-18/h5-10,14,25H,1-4,11-13H2/t21-,22+/m0/s1. The molecule has 7 heteroatoms. The SMILES string of the molecule is C=C1CCC[C@]23Nc4ccc(Br)cc4[C@]12CCCN3S(=O)(=O)c1ccc(Cl)cc1. The first-order valence-electron chi connectivity index (χ1n) is 9.86. The van der Waals surface area contributed by atoms with Gasteiger partial charge in [0.15, 0.2) is 0 Å². The maximum atomic E-state index is 13.8. The minimum atomic E-state index is -3.71. The molecule has 1 aliphatic carbocycles. The summed E-state index contributed by atoms with van der Waals surface area (Å²) >= 11 is 9.61. The summed E-state index contributed by atoms with van der Waals surface area (Å²) in [6.07, 6.45) is 4.28. The van der Waals surface area contributed by atoms with Crippen molar-refractivity contribution >= 4 is 43.2 Å². The highest BCUT2D eigenvalue weighted by molar-refractivity contribution is 9.10. The summed E-state index contributed by atoms with van der Waals surface area (Å²) in [7, 11) is -3.71. The Hall–Kier alpha value is -1.34. The number of nitrogens with zero attached hydrogens (tertiary/aromatic N) is 1. The molecule has 1 saturated heterocycles. The van der Waals surface area contributed by atoms with E-state index in [9.17, 15) is 8.42 Å². The van der Waals surface area contributed by atoms with Crippen molar-refractivity contribution in [3.8, 4) is 0 Å². The first kappa shape index (κ1) is 19.6. The van der Waals surface area contributed by atoms with Gasteiger partial charge in [-0.2, -0.15) is 4.31 Å². The molecule has 2 aromatic rings. The molecule has 2 aliphatic heterocycles. The minimum Gasteiger partial charge on any atom is -0.365 e. The lowest BCUT2D eigenvalue weighted by molar-refractivity contribution is 0.0607. The Balaban J connectivity index is 1.73. The molecule has 29 heavy (non-hydrogen) atoms. The zero-order valence-electron chi connectivity index (χ0n) is 15.9. The third-order valence-electron chi connectivity index (χ3n) is 6.85. The van der Waals surface area contributed by atoms with E-state index in [1.54, 1.807) is 28.6 Å². The van der Waals surface area contributed by atoms with E-state index >= 15 is 0 Å². The third-order valence-corrected chi connectivity index (χ3v) is 9.54. The van der Waals surface area contributed by atoms with Crippen molar-refractivity contribution in [3.63, 3.8) is 0 Å². The number of fused-ring (bicyclic) bond motifs is 1. The van der Waals surface area contributed by atoms with Crippen LogP contribution in [-0.2, 0) is 15.4 Å². The van der Waals surface area contributed by atoms with Crippen LogP contribution in [0, 0.1) is 0 Å². The smallest absolute Gasteiger partial charge is 0.245 e. The Kier molecular flexibility index (Phi) is 4.45. The number of halogens is 2. The van der Waals surface area contributed by atoms with Crippen LogP contribution < -0.4 is 5.32 Å². The van der Waals surface area contributed by atoms with Crippen molar-refractivity contribution in [2.45, 2.75) is 48.1 Å². The molecule has 4 nitrogen and oxygen atoms in total. The topological polar surface area (TPSA) is 49.4 Å². The molecule has 1 N–H and O–H groups in total. The van der Waals surface area contributed by atoms with Gasteiger partial charge in [0.1, 0.15) is 5.66 Å². The molecule has 1 saturated carbocycles. The van der Waals surface area contributed by atoms with Gasteiger partial charge in [0.2, 0.25) is 10.0 Å². The number of nitrogens with one attached hydrogen (secondary N) is 1. The summed E-state index contributed by atoms with van der Waals surface area (Å²) in [4.78, 5) is 0.280. The molecule has 0 unspecified atom stereocenters. The van der Waals surface area contributed by atoms with Gasteiger partial charge in [0.05, 0.1) is 10.3 Å². The second-order valence-corrected chi connectivity index (χ2v) is 11.4. The lowest BCUT2D eigenvalue weighted by Crippen LogP contribution is -2.69. The average Bonchev–Trinajstić information content (AvgIpc) is 3.00. The molecule has 2 aromatic carbocycles. The van der Waals surface area contributed by atoms with E-state index in [0.717, 1.165) is 53.4 Å². The molecule has 2 heterocycles. The van der Waals surface area contributed by atoms with Crippen molar-refractivity contribution in [2.75, 3.05) is 11.9 Å². The summed E-state index contributed by atoms with van der Waals surface area (Å²) in [5.74, 6) is 0. The van der Waals surface area contributed by atoms with Gasteiger partial charge in [0, 0.05) is 21.7 Å². The van der Waals surface area contributed by atoms with E-state index in [-0.39, 0.29) is 4.90 Å². The van der Waals surface area contributed by atoms with Crippen molar-refractivity contribution in [1.29, 1.82) is 0 Å². The molecule has 0 aromatic heterocycles. The Labute approximate surface area is 185 Å². The number of piperidine rings is 1. The predicted octanol–water partition coefficient (Wildman–Crippen LogP) is 5.69. The second kappa shape index (κ2) is 6.58. The Morgan fingerprint density at radius 2 is 1.86 bits per heavy atom. The van der Waals surface area contributed by atoms with Crippen LogP contribution in [0.1, 0.15) is 37.7 Å². The highest BCUT2D eigenvalue weighted by atomic mass is 79.9. The number of rotatable bonds is 2. The van der Waals surface area contributed by atoms with E-state index in [1.807, 2.05) is 12.1 Å². The van der Waals surface area contributed by atoms with Crippen LogP contribution >= 0.6 is 27.5 Å². The van der Waals surface area contributed by atoms with Crippen molar-refractivity contribution in [2.24, 2.45) is 0 Å².